The first kappa shape index (κ1) is 17.7. The molecule has 2 heterocycles. The number of fused-ring (bicyclic) bond motifs is 1. The summed E-state index contributed by atoms with van der Waals surface area (Å²) in [6, 6.07) is 14.7. The first-order valence-electron chi connectivity index (χ1n) is 9.29. The lowest BCUT2D eigenvalue weighted by Gasteiger charge is -2.26. The molecule has 1 amide bonds. The number of amides is 1. The Kier molecular flexibility index (Phi) is 5.44. The number of para-hydroxylation sites is 2. The second-order valence-electron chi connectivity index (χ2n) is 6.68. The molecule has 0 saturated carbocycles. The molecule has 2 unspecified atom stereocenters. The van der Waals surface area contributed by atoms with Crippen molar-refractivity contribution in [3.63, 3.8) is 0 Å². The van der Waals surface area contributed by atoms with Crippen molar-refractivity contribution in [1.82, 2.24) is 5.32 Å². The molecule has 27 heavy (non-hydrogen) atoms. The minimum atomic E-state index is -0.210. The van der Waals surface area contributed by atoms with Crippen molar-refractivity contribution in [3.8, 4) is 17.2 Å². The Labute approximate surface area is 158 Å². The summed E-state index contributed by atoms with van der Waals surface area (Å²) in [6.45, 7) is 2.15. The Morgan fingerprint density at radius 1 is 1.07 bits per heavy atom. The molecule has 2 aromatic carbocycles. The highest BCUT2D eigenvalue weighted by molar-refractivity contribution is 5.94. The number of hydrogen-bond acceptors (Lipinski definition) is 5. The molecule has 4 rings (SSSR count). The van der Waals surface area contributed by atoms with Gasteiger partial charge in [0.25, 0.3) is 5.91 Å². The average Bonchev–Trinajstić information content (AvgIpc) is 3.24. The average molecular weight is 369 g/mol. The molecular formula is C21H23NO5. The lowest BCUT2D eigenvalue weighted by atomic mass is 10.2. The molecule has 0 radical (unpaired) electrons. The maximum Gasteiger partial charge on any atom is 0.251 e. The maximum atomic E-state index is 12.3. The Bertz CT molecular complexity index is 770. The third-order valence-electron chi connectivity index (χ3n) is 4.63. The summed E-state index contributed by atoms with van der Waals surface area (Å²) in [5.74, 6) is 2.03. The van der Waals surface area contributed by atoms with Gasteiger partial charge in [0.2, 0.25) is 0 Å². The fraction of sp³-hybridized carbons (Fsp3) is 0.381. The normalized spacial score (nSPS) is 20.9. The summed E-state index contributed by atoms with van der Waals surface area (Å²) in [6.07, 6.45) is 2.10. The van der Waals surface area contributed by atoms with E-state index in [2.05, 4.69) is 5.32 Å². The summed E-state index contributed by atoms with van der Waals surface area (Å²) in [4.78, 5) is 12.3. The Morgan fingerprint density at radius 3 is 2.67 bits per heavy atom. The van der Waals surface area contributed by atoms with Gasteiger partial charge in [0.05, 0.1) is 12.6 Å². The smallest absolute Gasteiger partial charge is 0.251 e. The predicted molar refractivity (Wildman–Crippen MR) is 99.6 cm³/mol. The zero-order chi connectivity index (χ0) is 18.5. The monoisotopic (exact) mass is 369 g/mol. The zero-order valence-corrected chi connectivity index (χ0v) is 15.1. The van der Waals surface area contributed by atoms with Crippen LogP contribution >= 0.6 is 0 Å². The molecule has 2 aliphatic heterocycles. The lowest BCUT2D eigenvalue weighted by Crippen LogP contribution is -2.40. The second kappa shape index (κ2) is 8.31. The highest BCUT2D eigenvalue weighted by atomic mass is 16.6. The van der Waals surface area contributed by atoms with E-state index >= 15 is 0 Å². The van der Waals surface area contributed by atoms with E-state index < -0.39 is 0 Å². The number of benzene rings is 2. The molecule has 1 saturated heterocycles. The molecule has 6 nitrogen and oxygen atoms in total. The lowest BCUT2D eigenvalue weighted by molar-refractivity contribution is 0.0679. The quantitative estimate of drug-likeness (QED) is 0.848. The highest BCUT2D eigenvalue weighted by Crippen LogP contribution is 2.30. The van der Waals surface area contributed by atoms with Crippen LogP contribution in [0.4, 0.5) is 0 Å². The van der Waals surface area contributed by atoms with E-state index in [1.54, 1.807) is 24.3 Å². The molecule has 0 spiro atoms. The van der Waals surface area contributed by atoms with Crippen molar-refractivity contribution in [1.29, 1.82) is 0 Å². The summed E-state index contributed by atoms with van der Waals surface area (Å²) in [7, 11) is 0. The van der Waals surface area contributed by atoms with E-state index in [-0.39, 0.29) is 18.1 Å². The summed E-state index contributed by atoms with van der Waals surface area (Å²) in [5, 5.41) is 2.89. The van der Waals surface area contributed by atoms with Crippen LogP contribution in [0.3, 0.4) is 0 Å². The second-order valence-corrected chi connectivity index (χ2v) is 6.68. The van der Waals surface area contributed by atoms with Gasteiger partial charge in [-0.2, -0.15) is 0 Å². The van der Waals surface area contributed by atoms with Crippen LogP contribution in [0, 0.1) is 0 Å². The number of rotatable bonds is 6. The van der Waals surface area contributed by atoms with Crippen molar-refractivity contribution in [3.05, 3.63) is 54.1 Å². The topological polar surface area (TPSA) is 66.0 Å². The van der Waals surface area contributed by atoms with Crippen molar-refractivity contribution in [2.45, 2.75) is 25.0 Å². The van der Waals surface area contributed by atoms with Crippen molar-refractivity contribution in [2.75, 3.05) is 26.4 Å². The molecule has 1 fully saturated rings. The predicted octanol–water partition coefficient (Wildman–Crippen LogP) is 2.81. The zero-order valence-electron chi connectivity index (χ0n) is 15.1. The van der Waals surface area contributed by atoms with Crippen LogP contribution in [-0.4, -0.2) is 44.5 Å². The van der Waals surface area contributed by atoms with Crippen LogP contribution in [0.5, 0.6) is 17.2 Å². The molecule has 6 heteroatoms. The number of ether oxygens (including phenoxy) is 4. The van der Waals surface area contributed by atoms with Gasteiger partial charge in [0.15, 0.2) is 11.5 Å². The molecule has 0 aliphatic carbocycles. The van der Waals surface area contributed by atoms with E-state index in [9.17, 15) is 4.79 Å². The third-order valence-corrected chi connectivity index (χ3v) is 4.63. The molecule has 1 N–H and O–H groups in total. The molecular weight excluding hydrogens is 346 g/mol. The van der Waals surface area contributed by atoms with E-state index in [4.69, 9.17) is 18.9 Å². The van der Waals surface area contributed by atoms with Gasteiger partial charge in [-0.15, -0.1) is 0 Å². The maximum absolute atomic E-state index is 12.3. The highest BCUT2D eigenvalue weighted by Gasteiger charge is 2.21. The summed E-state index contributed by atoms with van der Waals surface area (Å²) >= 11 is 0. The van der Waals surface area contributed by atoms with Crippen LogP contribution < -0.4 is 19.5 Å². The first-order chi connectivity index (χ1) is 13.3. The number of carbonyl (C=O) groups is 1. The Balaban J connectivity index is 1.25. The van der Waals surface area contributed by atoms with Crippen molar-refractivity contribution < 1.29 is 23.7 Å². The van der Waals surface area contributed by atoms with Gasteiger partial charge in [0, 0.05) is 12.2 Å². The molecule has 2 aliphatic rings. The first-order valence-corrected chi connectivity index (χ1v) is 9.29. The van der Waals surface area contributed by atoms with Gasteiger partial charge in [-0.05, 0) is 49.2 Å². The van der Waals surface area contributed by atoms with E-state index in [0.717, 1.165) is 30.9 Å². The van der Waals surface area contributed by atoms with E-state index in [1.165, 1.54) is 0 Å². The molecule has 142 valence electrons. The molecule has 0 bridgehead atoms. The number of hydrogen-bond donors (Lipinski definition) is 1. The summed E-state index contributed by atoms with van der Waals surface area (Å²) in [5.41, 5.74) is 0.580. The third kappa shape index (κ3) is 4.52. The fourth-order valence-corrected chi connectivity index (χ4v) is 3.14. The van der Waals surface area contributed by atoms with Crippen LogP contribution in [0.25, 0.3) is 0 Å². The van der Waals surface area contributed by atoms with Crippen molar-refractivity contribution >= 4 is 5.91 Å². The number of carbonyl (C=O) groups excluding carboxylic acids is 1. The van der Waals surface area contributed by atoms with Gasteiger partial charge in [-0.25, -0.2) is 0 Å². The van der Waals surface area contributed by atoms with Gasteiger partial charge in [-0.1, -0.05) is 12.1 Å². The Hall–Kier alpha value is -2.73. The summed E-state index contributed by atoms with van der Waals surface area (Å²) < 4.78 is 22.8. The van der Waals surface area contributed by atoms with Crippen LogP contribution in [0.2, 0.25) is 0 Å². The Morgan fingerprint density at radius 2 is 1.89 bits per heavy atom. The minimum absolute atomic E-state index is 0.150. The fourth-order valence-electron chi connectivity index (χ4n) is 3.14. The SMILES string of the molecule is O=C(NCC1COc2ccccc2O1)c1ccc(OCC2CCCO2)cc1. The van der Waals surface area contributed by atoms with Gasteiger partial charge in [-0.3, -0.25) is 4.79 Å². The largest absolute Gasteiger partial charge is 0.491 e. The van der Waals surface area contributed by atoms with E-state index in [1.807, 2.05) is 24.3 Å². The minimum Gasteiger partial charge on any atom is -0.491 e. The molecule has 2 aromatic rings. The van der Waals surface area contributed by atoms with Crippen molar-refractivity contribution in [2.24, 2.45) is 0 Å². The molecule has 2 atom stereocenters. The van der Waals surface area contributed by atoms with Crippen LogP contribution in [0.15, 0.2) is 48.5 Å². The standard InChI is InChI=1S/C21H23NO5/c23-21(22-12-18-14-26-19-5-1-2-6-20(19)27-18)15-7-9-16(10-8-15)25-13-17-4-3-11-24-17/h1-2,5-10,17-18H,3-4,11-14H2,(H,22,23). The number of nitrogens with one attached hydrogen (secondary N) is 1. The van der Waals surface area contributed by atoms with Gasteiger partial charge < -0.3 is 24.3 Å². The molecule has 0 aromatic heterocycles. The van der Waals surface area contributed by atoms with E-state index in [0.29, 0.717) is 31.1 Å². The van der Waals surface area contributed by atoms with Crippen LogP contribution in [-0.2, 0) is 4.74 Å². The van der Waals surface area contributed by atoms with Gasteiger partial charge >= 0.3 is 0 Å². The van der Waals surface area contributed by atoms with Gasteiger partial charge in [0.1, 0.15) is 25.1 Å². The van der Waals surface area contributed by atoms with Crippen LogP contribution in [0.1, 0.15) is 23.2 Å².